The highest BCUT2D eigenvalue weighted by atomic mass is 16.5. The summed E-state index contributed by atoms with van der Waals surface area (Å²) in [5, 5.41) is 2.73. The minimum atomic E-state index is -0.749. The zero-order valence-corrected chi connectivity index (χ0v) is 13.8. The van der Waals surface area contributed by atoms with E-state index in [1.54, 1.807) is 24.3 Å². The van der Waals surface area contributed by atoms with E-state index in [4.69, 9.17) is 9.47 Å². The second kappa shape index (κ2) is 8.72. The normalized spacial score (nSPS) is 11.4. The summed E-state index contributed by atoms with van der Waals surface area (Å²) in [5.41, 5.74) is 1.40. The molecule has 0 unspecified atom stereocenters. The van der Waals surface area contributed by atoms with Gasteiger partial charge in [0.05, 0.1) is 13.7 Å². The van der Waals surface area contributed by atoms with Crippen LogP contribution in [0.2, 0.25) is 0 Å². The number of methoxy groups -OCH3 is 1. The molecule has 0 spiro atoms. The number of carbonyl (C=O) groups is 2. The van der Waals surface area contributed by atoms with Crippen LogP contribution in [0, 0.1) is 0 Å². The summed E-state index contributed by atoms with van der Waals surface area (Å²) < 4.78 is 10.2. The first-order valence-electron chi connectivity index (χ1n) is 7.79. The molecule has 2 aromatic carbocycles. The first-order valence-corrected chi connectivity index (χ1v) is 7.79. The highest BCUT2D eigenvalue weighted by Gasteiger charge is 2.22. The van der Waals surface area contributed by atoms with Gasteiger partial charge in [0, 0.05) is 12.0 Å². The van der Waals surface area contributed by atoms with Crippen LogP contribution in [-0.4, -0.2) is 31.6 Å². The Morgan fingerprint density at radius 3 is 2.29 bits per heavy atom. The van der Waals surface area contributed by atoms with Gasteiger partial charge in [0.15, 0.2) is 0 Å². The average molecular weight is 327 g/mol. The van der Waals surface area contributed by atoms with Crippen LogP contribution in [0.25, 0.3) is 0 Å². The zero-order valence-electron chi connectivity index (χ0n) is 13.8. The van der Waals surface area contributed by atoms with Crippen molar-refractivity contribution in [2.24, 2.45) is 0 Å². The molecule has 1 amide bonds. The molecule has 0 aliphatic heterocycles. The molecule has 126 valence electrons. The van der Waals surface area contributed by atoms with Crippen molar-refractivity contribution in [2.45, 2.75) is 19.4 Å². The molecule has 0 aliphatic carbocycles. The molecule has 0 radical (unpaired) electrons. The van der Waals surface area contributed by atoms with Gasteiger partial charge in [0.1, 0.15) is 11.8 Å². The van der Waals surface area contributed by atoms with Crippen LogP contribution >= 0.6 is 0 Å². The van der Waals surface area contributed by atoms with Gasteiger partial charge in [-0.2, -0.15) is 0 Å². The van der Waals surface area contributed by atoms with Gasteiger partial charge in [-0.25, -0.2) is 4.79 Å². The van der Waals surface area contributed by atoms with Gasteiger partial charge in [-0.15, -0.1) is 0 Å². The molecule has 0 fully saturated rings. The van der Waals surface area contributed by atoms with Gasteiger partial charge in [0.25, 0.3) is 5.91 Å². The van der Waals surface area contributed by atoms with Crippen LogP contribution in [-0.2, 0) is 16.0 Å². The molecular weight excluding hydrogens is 306 g/mol. The molecule has 5 heteroatoms. The average Bonchev–Trinajstić information content (AvgIpc) is 2.63. The number of hydrogen-bond donors (Lipinski definition) is 1. The third-order valence-corrected chi connectivity index (χ3v) is 3.50. The van der Waals surface area contributed by atoms with Crippen molar-refractivity contribution < 1.29 is 19.1 Å². The van der Waals surface area contributed by atoms with E-state index in [0.29, 0.717) is 18.6 Å². The Morgan fingerprint density at radius 2 is 1.71 bits per heavy atom. The maximum Gasteiger partial charge on any atom is 0.328 e. The predicted molar refractivity (Wildman–Crippen MR) is 91.0 cm³/mol. The van der Waals surface area contributed by atoms with Gasteiger partial charge in [0.2, 0.25) is 0 Å². The number of amides is 1. The first kappa shape index (κ1) is 17.5. The van der Waals surface area contributed by atoms with Crippen molar-refractivity contribution in [2.75, 3.05) is 13.7 Å². The monoisotopic (exact) mass is 327 g/mol. The number of benzene rings is 2. The summed E-state index contributed by atoms with van der Waals surface area (Å²) in [6, 6.07) is 15.4. The number of ether oxygens (including phenoxy) is 2. The van der Waals surface area contributed by atoms with E-state index in [2.05, 4.69) is 5.32 Å². The fourth-order valence-corrected chi connectivity index (χ4v) is 2.29. The smallest absolute Gasteiger partial charge is 0.328 e. The topological polar surface area (TPSA) is 64.6 Å². The highest BCUT2D eigenvalue weighted by Crippen LogP contribution is 2.14. The summed E-state index contributed by atoms with van der Waals surface area (Å²) in [5.74, 6) is -0.0192. The number of nitrogens with one attached hydrogen (secondary N) is 1. The van der Waals surface area contributed by atoms with Gasteiger partial charge in [-0.1, -0.05) is 30.3 Å². The molecule has 0 aromatic heterocycles. The molecule has 0 saturated carbocycles. The van der Waals surface area contributed by atoms with Crippen molar-refractivity contribution in [1.29, 1.82) is 0 Å². The van der Waals surface area contributed by atoms with Crippen LogP contribution in [0.5, 0.6) is 5.75 Å². The predicted octanol–water partition coefficient (Wildman–Crippen LogP) is 2.60. The van der Waals surface area contributed by atoms with Crippen LogP contribution in [0.4, 0.5) is 0 Å². The van der Waals surface area contributed by atoms with Crippen molar-refractivity contribution in [1.82, 2.24) is 5.32 Å². The minimum absolute atomic E-state index is 0.308. The zero-order chi connectivity index (χ0) is 17.4. The molecule has 0 aliphatic rings. The Bertz CT molecular complexity index is 668. The highest BCUT2D eigenvalue weighted by molar-refractivity contribution is 5.96. The number of carbonyl (C=O) groups excluding carboxylic acids is 2. The van der Waals surface area contributed by atoms with E-state index in [9.17, 15) is 9.59 Å². The summed E-state index contributed by atoms with van der Waals surface area (Å²) in [7, 11) is 1.31. The Hall–Kier alpha value is -2.82. The van der Waals surface area contributed by atoms with E-state index in [-0.39, 0.29) is 5.91 Å². The van der Waals surface area contributed by atoms with Crippen molar-refractivity contribution >= 4 is 11.9 Å². The van der Waals surface area contributed by atoms with Gasteiger partial charge < -0.3 is 14.8 Å². The third kappa shape index (κ3) is 4.84. The lowest BCUT2D eigenvalue weighted by molar-refractivity contribution is -0.142. The molecule has 0 bridgehead atoms. The molecule has 2 aromatic rings. The lowest BCUT2D eigenvalue weighted by atomic mass is 10.1. The van der Waals surface area contributed by atoms with E-state index < -0.39 is 12.0 Å². The molecule has 2 rings (SSSR count). The van der Waals surface area contributed by atoms with Gasteiger partial charge in [-0.05, 0) is 36.8 Å². The second-order valence-electron chi connectivity index (χ2n) is 5.20. The van der Waals surface area contributed by atoms with Crippen molar-refractivity contribution in [3.8, 4) is 5.75 Å². The number of esters is 1. The standard InChI is InChI=1S/C19H21NO4/c1-3-24-16-11-9-14(10-12-16)13-17(19(22)23-2)20-18(21)15-7-5-4-6-8-15/h4-12,17H,3,13H2,1-2H3,(H,20,21)/t17-/m1/s1. The quantitative estimate of drug-likeness (QED) is 0.794. The lowest BCUT2D eigenvalue weighted by Gasteiger charge is -2.17. The molecular formula is C19H21NO4. The largest absolute Gasteiger partial charge is 0.494 e. The fraction of sp³-hybridized carbons (Fsp3) is 0.263. The summed E-state index contributed by atoms with van der Waals surface area (Å²) in [6.45, 7) is 2.51. The molecule has 0 heterocycles. The molecule has 1 N–H and O–H groups in total. The molecule has 0 saturated heterocycles. The van der Waals surface area contributed by atoms with Crippen molar-refractivity contribution in [3.05, 3.63) is 65.7 Å². The van der Waals surface area contributed by atoms with E-state index in [1.807, 2.05) is 37.3 Å². The van der Waals surface area contributed by atoms with E-state index >= 15 is 0 Å². The SMILES string of the molecule is CCOc1ccc(C[C@@H](NC(=O)c2ccccc2)C(=O)OC)cc1. The molecule has 24 heavy (non-hydrogen) atoms. The lowest BCUT2D eigenvalue weighted by Crippen LogP contribution is -2.43. The molecule has 5 nitrogen and oxygen atoms in total. The maximum absolute atomic E-state index is 12.3. The van der Waals surface area contributed by atoms with Gasteiger partial charge in [-0.3, -0.25) is 4.79 Å². The summed E-state index contributed by atoms with van der Waals surface area (Å²) in [4.78, 5) is 24.3. The van der Waals surface area contributed by atoms with Crippen molar-refractivity contribution in [3.63, 3.8) is 0 Å². The van der Waals surface area contributed by atoms with Gasteiger partial charge >= 0.3 is 5.97 Å². The van der Waals surface area contributed by atoms with Crippen LogP contribution in [0.3, 0.4) is 0 Å². The van der Waals surface area contributed by atoms with E-state index in [0.717, 1.165) is 11.3 Å². The third-order valence-electron chi connectivity index (χ3n) is 3.50. The summed E-state index contributed by atoms with van der Waals surface area (Å²) in [6.07, 6.45) is 0.345. The fourth-order valence-electron chi connectivity index (χ4n) is 2.29. The molecule has 1 atom stereocenters. The number of rotatable bonds is 7. The minimum Gasteiger partial charge on any atom is -0.494 e. The first-order chi connectivity index (χ1) is 11.6. The summed E-state index contributed by atoms with van der Waals surface area (Å²) >= 11 is 0. The Kier molecular flexibility index (Phi) is 6.37. The van der Waals surface area contributed by atoms with Crippen LogP contribution < -0.4 is 10.1 Å². The number of hydrogen-bond acceptors (Lipinski definition) is 4. The Labute approximate surface area is 141 Å². The van der Waals surface area contributed by atoms with E-state index in [1.165, 1.54) is 7.11 Å². The van der Waals surface area contributed by atoms with Crippen LogP contribution in [0.1, 0.15) is 22.8 Å². The Morgan fingerprint density at radius 1 is 1.04 bits per heavy atom. The van der Waals surface area contributed by atoms with Crippen LogP contribution in [0.15, 0.2) is 54.6 Å². The maximum atomic E-state index is 12.3. The second-order valence-corrected chi connectivity index (χ2v) is 5.20. The Balaban J connectivity index is 2.08.